The van der Waals surface area contributed by atoms with E-state index < -0.39 is 23.7 Å². The molecule has 2 amide bonds. The number of nitrogens with one attached hydrogen (secondary N) is 1. The second-order valence-electron chi connectivity index (χ2n) is 7.84. The highest BCUT2D eigenvalue weighted by Gasteiger charge is 2.36. The monoisotopic (exact) mass is 428 g/mol. The predicted octanol–water partition coefficient (Wildman–Crippen LogP) is 4.69. The van der Waals surface area contributed by atoms with Crippen molar-refractivity contribution >= 4 is 34.1 Å². The van der Waals surface area contributed by atoms with Crippen molar-refractivity contribution in [3.63, 3.8) is 0 Å². The van der Waals surface area contributed by atoms with Crippen molar-refractivity contribution in [3.05, 3.63) is 40.8 Å². The van der Waals surface area contributed by atoms with Crippen LogP contribution in [0.15, 0.2) is 29.6 Å². The molecule has 1 heterocycles. The van der Waals surface area contributed by atoms with Crippen molar-refractivity contribution in [1.82, 2.24) is 0 Å². The Kier molecular flexibility index (Phi) is 7.26. The second kappa shape index (κ2) is 9.89. The number of anilines is 1. The summed E-state index contributed by atoms with van der Waals surface area (Å²) in [5.41, 5.74) is 8.70. The Morgan fingerprint density at radius 3 is 2.40 bits per heavy atom. The highest BCUT2D eigenvalue weighted by Crippen LogP contribution is 2.37. The standard InChI is InChI=1S/C23H28N2O4S/c1-2-3-6-14-9-11-15(12-10-14)18-13-30-22(19(18)20(24)26)25-21(27)16-7-4-5-8-17(16)23(28)29/h9-13,16-17H,2-8H2,1H3,(H2,24,26)(H,25,27)(H,28,29). The van der Waals surface area contributed by atoms with Gasteiger partial charge in [0.15, 0.2) is 0 Å². The number of carboxylic acids is 1. The van der Waals surface area contributed by atoms with E-state index in [4.69, 9.17) is 5.73 Å². The number of nitrogens with two attached hydrogens (primary N) is 1. The Bertz CT molecular complexity index is 920. The number of hydrogen-bond donors (Lipinski definition) is 3. The highest BCUT2D eigenvalue weighted by molar-refractivity contribution is 7.15. The van der Waals surface area contributed by atoms with Crippen LogP contribution in [0.1, 0.15) is 61.4 Å². The van der Waals surface area contributed by atoms with Gasteiger partial charge in [0.1, 0.15) is 5.00 Å². The van der Waals surface area contributed by atoms with Gasteiger partial charge in [-0.2, -0.15) is 0 Å². The number of aliphatic carboxylic acids is 1. The molecule has 3 rings (SSSR count). The third-order valence-electron chi connectivity index (χ3n) is 5.78. The van der Waals surface area contributed by atoms with Gasteiger partial charge in [0.05, 0.1) is 17.4 Å². The number of carbonyl (C=O) groups excluding carboxylic acids is 2. The first kappa shape index (κ1) is 22.0. The zero-order chi connectivity index (χ0) is 21.7. The molecule has 30 heavy (non-hydrogen) atoms. The first-order chi connectivity index (χ1) is 14.4. The fourth-order valence-electron chi connectivity index (χ4n) is 4.08. The number of thiophene rings is 1. The summed E-state index contributed by atoms with van der Waals surface area (Å²) in [4.78, 5) is 36.6. The molecule has 1 fully saturated rings. The number of amides is 2. The Morgan fingerprint density at radius 1 is 1.13 bits per heavy atom. The summed E-state index contributed by atoms with van der Waals surface area (Å²) in [6.45, 7) is 2.15. The van der Waals surface area contributed by atoms with E-state index in [0.717, 1.165) is 37.7 Å². The molecule has 2 aromatic rings. The minimum Gasteiger partial charge on any atom is -0.481 e. The average Bonchev–Trinajstić information content (AvgIpc) is 3.16. The normalized spacial score (nSPS) is 18.7. The topological polar surface area (TPSA) is 109 Å². The molecule has 0 aliphatic heterocycles. The lowest BCUT2D eigenvalue weighted by molar-refractivity contribution is -0.147. The summed E-state index contributed by atoms with van der Waals surface area (Å²) < 4.78 is 0. The summed E-state index contributed by atoms with van der Waals surface area (Å²) in [6, 6.07) is 8.02. The van der Waals surface area contributed by atoms with Crippen molar-refractivity contribution in [2.24, 2.45) is 17.6 Å². The van der Waals surface area contributed by atoms with Crippen molar-refractivity contribution in [3.8, 4) is 11.1 Å². The number of primary amides is 1. The van der Waals surface area contributed by atoms with E-state index in [1.165, 1.54) is 16.9 Å². The Balaban J connectivity index is 1.83. The van der Waals surface area contributed by atoms with E-state index in [1.54, 1.807) is 0 Å². The zero-order valence-corrected chi connectivity index (χ0v) is 18.0. The van der Waals surface area contributed by atoms with Crippen LogP contribution in [0.2, 0.25) is 0 Å². The summed E-state index contributed by atoms with van der Waals surface area (Å²) >= 11 is 1.24. The molecule has 0 radical (unpaired) electrons. The molecule has 0 saturated heterocycles. The van der Waals surface area contributed by atoms with Crippen LogP contribution in [-0.4, -0.2) is 22.9 Å². The van der Waals surface area contributed by atoms with Gasteiger partial charge in [0.25, 0.3) is 5.91 Å². The molecule has 0 bridgehead atoms. The smallest absolute Gasteiger partial charge is 0.307 e. The van der Waals surface area contributed by atoms with E-state index >= 15 is 0 Å². The van der Waals surface area contributed by atoms with Crippen molar-refractivity contribution in [2.75, 3.05) is 5.32 Å². The molecule has 6 nitrogen and oxygen atoms in total. The maximum absolute atomic E-state index is 12.8. The van der Waals surface area contributed by atoms with Gasteiger partial charge in [0, 0.05) is 10.9 Å². The van der Waals surface area contributed by atoms with Gasteiger partial charge >= 0.3 is 5.97 Å². The first-order valence-electron chi connectivity index (χ1n) is 10.5. The van der Waals surface area contributed by atoms with Crippen LogP contribution in [0.4, 0.5) is 5.00 Å². The number of benzene rings is 1. The van der Waals surface area contributed by atoms with E-state index in [-0.39, 0.29) is 11.5 Å². The molecule has 2 unspecified atom stereocenters. The maximum Gasteiger partial charge on any atom is 0.307 e. The molecule has 4 N–H and O–H groups in total. The van der Waals surface area contributed by atoms with Crippen LogP contribution >= 0.6 is 11.3 Å². The molecular formula is C23H28N2O4S. The molecular weight excluding hydrogens is 400 g/mol. The quantitative estimate of drug-likeness (QED) is 0.567. The van der Waals surface area contributed by atoms with Gasteiger partial charge in [-0.05, 0) is 36.8 Å². The summed E-state index contributed by atoms with van der Waals surface area (Å²) in [5, 5.41) is 14.4. The van der Waals surface area contributed by atoms with Gasteiger partial charge in [-0.25, -0.2) is 0 Å². The number of aryl methyl sites for hydroxylation is 1. The Labute approximate surface area is 180 Å². The molecule has 0 spiro atoms. The molecule has 1 aromatic heterocycles. The molecule has 160 valence electrons. The second-order valence-corrected chi connectivity index (χ2v) is 8.72. The van der Waals surface area contributed by atoms with Gasteiger partial charge in [-0.15, -0.1) is 11.3 Å². The number of unbranched alkanes of at least 4 members (excludes halogenated alkanes) is 1. The fourth-order valence-corrected chi connectivity index (χ4v) is 5.06. The largest absolute Gasteiger partial charge is 0.481 e. The summed E-state index contributed by atoms with van der Waals surface area (Å²) in [6.07, 6.45) is 5.93. The lowest BCUT2D eigenvalue weighted by atomic mass is 9.78. The number of hydrogen-bond acceptors (Lipinski definition) is 4. The molecule has 2 atom stereocenters. The lowest BCUT2D eigenvalue weighted by Crippen LogP contribution is -2.36. The average molecular weight is 429 g/mol. The summed E-state index contributed by atoms with van der Waals surface area (Å²) in [5.74, 6) is -3.20. The number of rotatable bonds is 8. The lowest BCUT2D eigenvalue weighted by Gasteiger charge is -2.27. The summed E-state index contributed by atoms with van der Waals surface area (Å²) in [7, 11) is 0. The van der Waals surface area contributed by atoms with Crippen LogP contribution < -0.4 is 11.1 Å². The Morgan fingerprint density at radius 2 is 1.80 bits per heavy atom. The molecule has 1 aliphatic carbocycles. The van der Waals surface area contributed by atoms with Crippen LogP contribution in [0, 0.1) is 11.8 Å². The maximum atomic E-state index is 12.8. The van der Waals surface area contributed by atoms with Gasteiger partial charge in [0.2, 0.25) is 5.91 Å². The van der Waals surface area contributed by atoms with E-state index in [0.29, 0.717) is 23.4 Å². The first-order valence-corrected chi connectivity index (χ1v) is 11.3. The van der Waals surface area contributed by atoms with E-state index in [1.807, 2.05) is 29.6 Å². The van der Waals surface area contributed by atoms with Crippen LogP contribution in [0.3, 0.4) is 0 Å². The molecule has 1 saturated carbocycles. The minimum absolute atomic E-state index is 0.275. The molecule has 1 aliphatic rings. The van der Waals surface area contributed by atoms with Crippen molar-refractivity contribution in [1.29, 1.82) is 0 Å². The number of carboxylic acid groups (broad SMARTS) is 1. The van der Waals surface area contributed by atoms with Crippen LogP contribution in [-0.2, 0) is 16.0 Å². The van der Waals surface area contributed by atoms with E-state index in [9.17, 15) is 19.5 Å². The van der Waals surface area contributed by atoms with Crippen LogP contribution in [0.5, 0.6) is 0 Å². The van der Waals surface area contributed by atoms with Crippen LogP contribution in [0.25, 0.3) is 11.1 Å². The highest BCUT2D eigenvalue weighted by atomic mass is 32.1. The Hall–Kier alpha value is -2.67. The van der Waals surface area contributed by atoms with Gasteiger partial charge < -0.3 is 16.2 Å². The fraction of sp³-hybridized carbons (Fsp3) is 0.435. The molecule has 7 heteroatoms. The third-order valence-corrected chi connectivity index (χ3v) is 6.67. The van der Waals surface area contributed by atoms with E-state index in [2.05, 4.69) is 12.2 Å². The number of carbonyl (C=O) groups is 3. The van der Waals surface area contributed by atoms with Gasteiger partial charge in [-0.3, -0.25) is 14.4 Å². The predicted molar refractivity (Wildman–Crippen MR) is 119 cm³/mol. The third kappa shape index (κ3) is 4.90. The SMILES string of the molecule is CCCCc1ccc(-c2csc(NC(=O)C3CCCCC3C(=O)O)c2C(N)=O)cc1. The zero-order valence-electron chi connectivity index (χ0n) is 17.1. The van der Waals surface area contributed by atoms with Gasteiger partial charge in [-0.1, -0.05) is 50.5 Å². The van der Waals surface area contributed by atoms with Crippen molar-refractivity contribution < 1.29 is 19.5 Å². The molecule has 1 aromatic carbocycles. The minimum atomic E-state index is -0.944. The van der Waals surface area contributed by atoms with Crippen molar-refractivity contribution in [2.45, 2.75) is 51.9 Å².